The van der Waals surface area contributed by atoms with Gasteiger partial charge in [0.25, 0.3) is 0 Å². The average Bonchev–Trinajstić information content (AvgIpc) is 2.38. The summed E-state index contributed by atoms with van der Waals surface area (Å²) in [7, 11) is 0. The first-order valence-corrected chi connectivity index (χ1v) is 5.98. The van der Waals surface area contributed by atoms with Gasteiger partial charge in [-0.1, -0.05) is 59.8 Å². The second-order valence-electron chi connectivity index (χ2n) is 4.06. The highest BCUT2D eigenvalue weighted by Gasteiger charge is 2.13. The molecule has 0 spiro atoms. The van der Waals surface area contributed by atoms with Crippen molar-refractivity contribution in [3.63, 3.8) is 0 Å². The molecule has 0 unspecified atom stereocenters. The molecule has 2 aromatic rings. The van der Waals surface area contributed by atoms with Crippen molar-refractivity contribution in [3.8, 4) is 5.97 Å². The van der Waals surface area contributed by atoms with Gasteiger partial charge in [0.1, 0.15) is 12.4 Å². The van der Waals surface area contributed by atoms with Crippen LogP contribution < -0.4 is 4.48 Å². The smallest absolute Gasteiger partial charge is 0.365 e. The van der Waals surface area contributed by atoms with E-state index in [0.717, 1.165) is 6.32 Å². The molecule has 0 saturated heterocycles. The summed E-state index contributed by atoms with van der Waals surface area (Å²) in [6.45, 7) is -1.07. The zero-order valence-electron chi connectivity index (χ0n) is 9.38. The average molecular weight is 243 g/mol. The Morgan fingerprint density at radius 1 is 1.12 bits per heavy atom. The standard InChI is InChI=1S/C13H12BClN2/c15-13-6-8-17(9-7-13)14(11-16)10-12-4-2-1-3-5-12/h1-9,14H,10H2/t14-/m1/s1. The van der Waals surface area contributed by atoms with Gasteiger partial charge in [-0.2, -0.15) is 0 Å². The van der Waals surface area contributed by atoms with Crippen LogP contribution in [0.25, 0.3) is 0 Å². The summed E-state index contributed by atoms with van der Waals surface area (Å²) >= 11 is 5.83. The van der Waals surface area contributed by atoms with Crippen LogP contribution in [-0.2, 0) is 6.32 Å². The summed E-state index contributed by atoms with van der Waals surface area (Å²) < 4.78 is 1.96. The molecule has 84 valence electrons. The lowest BCUT2D eigenvalue weighted by molar-refractivity contribution is -0.536. The third kappa shape index (κ3) is 3.09. The minimum Gasteiger partial charge on any atom is -0.417 e. The van der Waals surface area contributed by atoms with Crippen molar-refractivity contribution in [2.75, 3.05) is 0 Å². The predicted molar refractivity (Wildman–Crippen MR) is 70.0 cm³/mol. The Bertz CT molecular complexity index is 519. The summed E-state index contributed by atoms with van der Waals surface area (Å²) in [6, 6.07) is 13.7. The van der Waals surface area contributed by atoms with Crippen LogP contribution in [0.2, 0.25) is 5.02 Å². The molecule has 4 heteroatoms. The highest BCUT2D eigenvalue weighted by Crippen LogP contribution is 2.04. The Balaban J connectivity index is 2.18. The number of benzene rings is 1. The Morgan fingerprint density at radius 2 is 1.76 bits per heavy atom. The van der Waals surface area contributed by atoms with E-state index < -0.39 is 6.85 Å². The van der Waals surface area contributed by atoms with Crippen LogP contribution in [0.15, 0.2) is 54.9 Å². The number of hydrogen-bond donors (Lipinski definition) is 0. The molecule has 0 saturated carbocycles. The van der Waals surface area contributed by atoms with E-state index in [-0.39, 0.29) is 0 Å². The molecule has 0 aliphatic carbocycles. The van der Waals surface area contributed by atoms with E-state index in [0.29, 0.717) is 5.02 Å². The molecule has 1 atom stereocenters. The predicted octanol–water partition coefficient (Wildman–Crippen LogP) is 2.04. The summed E-state index contributed by atoms with van der Waals surface area (Å²) in [4.78, 5) is 0. The maximum atomic E-state index is 9.24. The molecule has 0 fully saturated rings. The van der Waals surface area contributed by atoms with E-state index in [1.54, 1.807) is 0 Å². The molecule has 0 aliphatic rings. The van der Waals surface area contributed by atoms with Crippen molar-refractivity contribution < 1.29 is 4.48 Å². The second kappa shape index (κ2) is 5.52. The molecule has 0 bridgehead atoms. The van der Waals surface area contributed by atoms with Crippen molar-refractivity contribution in [2.45, 2.75) is 6.32 Å². The Hall–Kier alpha value is -1.79. The normalized spacial score (nSPS) is 11.8. The molecule has 0 N–H and O–H groups in total. The van der Waals surface area contributed by atoms with Gasteiger partial charge in [0.15, 0.2) is 0 Å². The Morgan fingerprint density at radius 3 is 2.35 bits per heavy atom. The molecule has 0 radical (unpaired) electrons. The molecule has 1 aromatic heterocycles. The number of halogens is 1. The Labute approximate surface area is 106 Å². The monoisotopic (exact) mass is 242 g/mol. The van der Waals surface area contributed by atoms with Crippen LogP contribution >= 0.6 is 11.6 Å². The lowest BCUT2D eigenvalue weighted by Gasteiger charge is -2.11. The fourth-order valence-electron chi connectivity index (χ4n) is 1.88. The third-order valence-electron chi connectivity index (χ3n) is 2.84. The van der Waals surface area contributed by atoms with Gasteiger partial charge in [-0.3, -0.25) is 0 Å². The maximum absolute atomic E-state index is 9.24. The van der Waals surface area contributed by atoms with Gasteiger partial charge in [0, 0.05) is 12.1 Å². The summed E-state index contributed by atoms with van der Waals surface area (Å²) in [6.07, 6.45) is 4.52. The van der Waals surface area contributed by atoms with Crippen LogP contribution in [0.5, 0.6) is 0 Å². The van der Waals surface area contributed by atoms with Crippen molar-refractivity contribution >= 4 is 18.4 Å². The molecule has 1 aromatic carbocycles. The van der Waals surface area contributed by atoms with E-state index in [2.05, 4.69) is 5.97 Å². The van der Waals surface area contributed by atoms with Crippen LogP contribution in [0.3, 0.4) is 0 Å². The Kier molecular flexibility index (Phi) is 3.79. The SMILES string of the molecule is N#C[B@@H-](Cc1ccccc1)[n+]1ccc(Cl)cc1. The van der Waals surface area contributed by atoms with Crippen LogP contribution in [0.4, 0.5) is 0 Å². The number of pyridine rings is 1. The van der Waals surface area contributed by atoms with Crippen LogP contribution in [-0.4, -0.2) is 6.85 Å². The largest absolute Gasteiger partial charge is 0.417 e. The van der Waals surface area contributed by atoms with Gasteiger partial charge in [-0.15, -0.1) is 0 Å². The van der Waals surface area contributed by atoms with Gasteiger partial charge in [-0.25, -0.2) is 5.26 Å². The molecular weight excluding hydrogens is 230 g/mol. The van der Waals surface area contributed by atoms with Crippen LogP contribution in [0, 0.1) is 11.2 Å². The first-order valence-electron chi connectivity index (χ1n) is 5.61. The molecule has 0 amide bonds. The molecule has 1 heterocycles. The van der Waals surface area contributed by atoms with Gasteiger partial charge in [0.2, 0.25) is 0 Å². The minimum atomic E-state index is -1.07. The lowest BCUT2D eigenvalue weighted by Crippen LogP contribution is -2.51. The van der Waals surface area contributed by atoms with E-state index >= 15 is 0 Å². The number of nitrogens with zero attached hydrogens (tertiary/aromatic N) is 2. The maximum Gasteiger partial charge on any atom is 0.365 e. The fourth-order valence-corrected chi connectivity index (χ4v) is 1.99. The molecule has 0 aliphatic heterocycles. The van der Waals surface area contributed by atoms with Gasteiger partial charge >= 0.3 is 6.85 Å². The third-order valence-corrected chi connectivity index (χ3v) is 3.09. The number of hydrogen-bond acceptors (Lipinski definition) is 1. The first kappa shape index (κ1) is 11.7. The topological polar surface area (TPSA) is 27.7 Å². The van der Waals surface area contributed by atoms with E-state index in [1.165, 1.54) is 5.56 Å². The van der Waals surface area contributed by atoms with Crippen molar-refractivity contribution in [2.24, 2.45) is 0 Å². The van der Waals surface area contributed by atoms with E-state index in [1.807, 2.05) is 59.3 Å². The molecular formula is C13H12BClN2. The van der Waals surface area contributed by atoms with E-state index in [9.17, 15) is 5.26 Å². The van der Waals surface area contributed by atoms with Crippen molar-refractivity contribution in [1.29, 1.82) is 5.26 Å². The number of aromatic nitrogens is 1. The molecule has 17 heavy (non-hydrogen) atoms. The highest BCUT2D eigenvalue weighted by molar-refractivity contribution is 6.57. The van der Waals surface area contributed by atoms with E-state index in [4.69, 9.17) is 11.6 Å². The lowest BCUT2D eigenvalue weighted by atomic mass is 9.59. The van der Waals surface area contributed by atoms with Gasteiger partial charge in [-0.05, 0) is 0 Å². The quantitative estimate of drug-likeness (QED) is 0.757. The van der Waals surface area contributed by atoms with Crippen molar-refractivity contribution in [3.05, 3.63) is 65.4 Å². The number of nitriles is 1. The highest BCUT2D eigenvalue weighted by atomic mass is 35.5. The van der Waals surface area contributed by atoms with Gasteiger partial charge in [0.05, 0.1) is 5.02 Å². The summed E-state index contributed by atoms with van der Waals surface area (Å²) in [5.41, 5.74) is 1.19. The molecule has 2 rings (SSSR count). The zero-order valence-corrected chi connectivity index (χ0v) is 10.1. The minimum absolute atomic E-state index is 0.692. The van der Waals surface area contributed by atoms with Gasteiger partial charge < -0.3 is 4.48 Å². The zero-order chi connectivity index (χ0) is 12.1. The summed E-state index contributed by atoms with van der Waals surface area (Å²) in [5, 5.41) is 9.94. The second-order valence-corrected chi connectivity index (χ2v) is 4.49. The number of rotatable bonds is 3. The molecule has 2 nitrogen and oxygen atoms in total. The first-order chi connectivity index (χ1) is 8.29. The van der Waals surface area contributed by atoms with Crippen molar-refractivity contribution in [1.82, 2.24) is 0 Å². The summed E-state index contributed by atoms with van der Waals surface area (Å²) in [5.74, 6) is 2.39. The van der Waals surface area contributed by atoms with Crippen LogP contribution in [0.1, 0.15) is 5.56 Å². The fraction of sp³-hybridized carbons (Fsp3) is 0.0769.